The molecule has 6 heteroatoms. The monoisotopic (exact) mass is 368 g/mol. The van der Waals surface area contributed by atoms with Crippen LogP contribution in [0.1, 0.15) is 55.0 Å². The molecule has 0 bridgehead atoms. The quantitative estimate of drug-likeness (QED) is 0.668. The van der Waals surface area contributed by atoms with Crippen molar-refractivity contribution in [3.8, 4) is 5.75 Å². The number of rotatable bonds is 9. The number of benzene rings is 1. The second-order valence-corrected chi connectivity index (χ2v) is 7.62. The molecule has 1 aromatic carbocycles. The summed E-state index contributed by atoms with van der Waals surface area (Å²) in [6, 6.07) is 10.6. The average molecular weight is 368 g/mol. The van der Waals surface area contributed by atoms with Gasteiger partial charge in [-0.25, -0.2) is 0 Å². The summed E-state index contributed by atoms with van der Waals surface area (Å²) in [6.07, 6.45) is 5.07. The highest BCUT2D eigenvalue weighted by molar-refractivity contribution is 5.78. The molecule has 27 heavy (non-hydrogen) atoms. The summed E-state index contributed by atoms with van der Waals surface area (Å²) in [5, 5.41) is 11.0. The molecule has 1 saturated heterocycles. The number of carbonyl (C=O) groups excluding carboxylic acids is 1. The zero-order valence-corrected chi connectivity index (χ0v) is 15.9. The van der Waals surface area contributed by atoms with Crippen LogP contribution in [0.15, 0.2) is 30.3 Å². The number of hydrogen-bond acceptors (Lipinski definition) is 4. The van der Waals surface area contributed by atoms with Crippen molar-refractivity contribution >= 4 is 5.91 Å². The number of nitrogens with zero attached hydrogens (tertiary/aromatic N) is 2. The van der Waals surface area contributed by atoms with Crippen molar-refractivity contribution in [3.05, 3.63) is 47.3 Å². The van der Waals surface area contributed by atoms with Gasteiger partial charge in [-0.05, 0) is 56.0 Å². The smallest absolute Gasteiger partial charge is 0.223 e. The summed E-state index contributed by atoms with van der Waals surface area (Å²) in [4.78, 5) is 14.3. The van der Waals surface area contributed by atoms with Gasteiger partial charge in [0.2, 0.25) is 5.91 Å². The number of nitrogens with one attached hydrogen (secondary N) is 2. The van der Waals surface area contributed by atoms with Crippen molar-refractivity contribution < 1.29 is 9.53 Å². The minimum absolute atomic E-state index is 0.260. The molecule has 1 saturated carbocycles. The van der Waals surface area contributed by atoms with E-state index in [1.165, 1.54) is 18.4 Å². The van der Waals surface area contributed by atoms with Crippen LogP contribution in [0.3, 0.4) is 0 Å². The zero-order valence-electron chi connectivity index (χ0n) is 15.9. The van der Waals surface area contributed by atoms with E-state index in [0.29, 0.717) is 24.9 Å². The minimum Gasteiger partial charge on any atom is -0.497 e. The summed E-state index contributed by atoms with van der Waals surface area (Å²) in [5.74, 6) is 1.78. The standard InChI is InChI=1S/C21H28N4O2/c1-27-19-4-2-3-15(11-19)13-22-10-9-18-7-8-21(26)25(18)14-17-12-20(24-23-17)16-5-6-16/h2-4,11-12,16,18,22H,5-10,13-14H2,1H3,(H,23,24). The largest absolute Gasteiger partial charge is 0.497 e. The Morgan fingerprint density at radius 2 is 2.19 bits per heavy atom. The predicted octanol–water partition coefficient (Wildman–Crippen LogP) is 2.97. The maximum absolute atomic E-state index is 12.3. The molecule has 0 radical (unpaired) electrons. The molecule has 144 valence electrons. The fraction of sp³-hybridized carbons (Fsp3) is 0.524. The van der Waals surface area contributed by atoms with Gasteiger partial charge in [0.25, 0.3) is 0 Å². The van der Waals surface area contributed by atoms with Crippen LogP contribution in [0.2, 0.25) is 0 Å². The first kappa shape index (κ1) is 18.0. The van der Waals surface area contributed by atoms with Crippen LogP contribution >= 0.6 is 0 Å². The molecule has 0 spiro atoms. The average Bonchev–Trinajstić information content (AvgIpc) is 3.35. The molecule has 4 rings (SSSR count). The summed E-state index contributed by atoms with van der Waals surface area (Å²) < 4.78 is 5.27. The normalized spacial score (nSPS) is 19.7. The third kappa shape index (κ3) is 4.50. The van der Waals surface area contributed by atoms with Crippen LogP contribution in [0.25, 0.3) is 0 Å². The Morgan fingerprint density at radius 1 is 1.30 bits per heavy atom. The molecule has 1 aliphatic heterocycles. The van der Waals surface area contributed by atoms with Gasteiger partial charge in [0.15, 0.2) is 0 Å². The van der Waals surface area contributed by atoms with Gasteiger partial charge >= 0.3 is 0 Å². The van der Waals surface area contributed by atoms with Crippen LogP contribution in [0.5, 0.6) is 5.75 Å². The Balaban J connectivity index is 1.26. The number of methoxy groups -OCH3 is 1. The van der Waals surface area contributed by atoms with Crippen LogP contribution in [-0.4, -0.2) is 40.7 Å². The van der Waals surface area contributed by atoms with Crippen molar-refractivity contribution in [2.24, 2.45) is 0 Å². The van der Waals surface area contributed by atoms with Crippen molar-refractivity contribution in [1.82, 2.24) is 20.4 Å². The molecular weight excluding hydrogens is 340 g/mol. The molecule has 1 aliphatic carbocycles. The first-order valence-electron chi connectivity index (χ1n) is 9.90. The Hall–Kier alpha value is -2.34. The van der Waals surface area contributed by atoms with E-state index >= 15 is 0 Å². The molecule has 1 atom stereocenters. The van der Waals surface area contributed by atoms with Crippen LogP contribution in [-0.2, 0) is 17.9 Å². The van der Waals surface area contributed by atoms with Crippen LogP contribution in [0, 0.1) is 0 Å². The Morgan fingerprint density at radius 3 is 3.00 bits per heavy atom. The Bertz CT molecular complexity index is 784. The van der Waals surface area contributed by atoms with E-state index in [2.05, 4.69) is 27.6 Å². The van der Waals surface area contributed by atoms with Crippen molar-refractivity contribution in [1.29, 1.82) is 0 Å². The summed E-state index contributed by atoms with van der Waals surface area (Å²) in [5.41, 5.74) is 3.42. The highest BCUT2D eigenvalue weighted by Crippen LogP contribution is 2.39. The summed E-state index contributed by atoms with van der Waals surface area (Å²) in [6.45, 7) is 2.35. The maximum Gasteiger partial charge on any atom is 0.223 e. The molecule has 2 aliphatic rings. The highest BCUT2D eigenvalue weighted by Gasteiger charge is 2.31. The summed E-state index contributed by atoms with van der Waals surface area (Å²) >= 11 is 0. The van der Waals surface area contributed by atoms with E-state index in [4.69, 9.17) is 4.74 Å². The number of amides is 1. The topological polar surface area (TPSA) is 70.2 Å². The Kier molecular flexibility index (Phi) is 5.43. The lowest BCUT2D eigenvalue weighted by atomic mass is 10.1. The van der Waals surface area contributed by atoms with E-state index in [1.54, 1.807) is 7.11 Å². The van der Waals surface area contributed by atoms with Crippen LogP contribution in [0.4, 0.5) is 0 Å². The molecule has 2 fully saturated rings. The predicted molar refractivity (Wildman–Crippen MR) is 103 cm³/mol. The SMILES string of the molecule is COc1cccc(CNCCC2CCC(=O)N2Cc2cc(C3CC3)n[nH]2)c1. The summed E-state index contributed by atoms with van der Waals surface area (Å²) in [7, 11) is 1.69. The number of ether oxygens (including phenoxy) is 1. The van der Waals surface area contributed by atoms with E-state index in [0.717, 1.165) is 43.1 Å². The van der Waals surface area contributed by atoms with Crippen molar-refractivity contribution in [3.63, 3.8) is 0 Å². The van der Waals surface area contributed by atoms with Gasteiger partial charge in [-0.3, -0.25) is 9.89 Å². The number of carbonyl (C=O) groups is 1. The lowest BCUT2D eigenvalue weighted by Crippen LogP contribution is -2.34. The van der Waals surface area contributed by atoms with E-state index < -0.39 is 0 Å². The van der Waals surface area contributed by atoms with Gasteiger partial charge in [-0.2, -0.15) is 5.10 Å². The molecule has 6 nitrogen and oxygen atoms in total. The van der Waals surface area contributed by atoms with Crippen LogP contribution < -0.4 is 10.1 Å². The third-order valence-electron chi connectivity index (χ3n) is 5.56. The van der Waals surface area contributed by atoms with E-state index in [9.17, 15) is 4.79 Å². The molecule has 1 unspecified atom stereocenters. The van der Waals surface area contributed by atoms with Gasteiger partial charge < -0.3 is 15.0 Å². The second-order valence-electron chi connectivity index (χ2n) is 7.62. The maximum atomic E-state index is 12.3. The third-order valence-corrected chi connectivity index (χ3v) is 5.56. The highest BCUT2D eigenvalue weighted by atomic mass is 16.5. The van der Waals surface area contributed by atoms with Gasteiger partial charge in [0, 0.05) is 24.9 Å². The zero-order chi connectivity index (χ0) is 18.6. The molecule has 2 heterocycles. The lowest BCUT2D eigenvalue weighted by Gasteiger charge is -2.24. The van der Waals surface area contributed by atoms with Crippen molar-refractivity contribution in [2.75, 3.05) is 13.7 Å². The molecular formula is C21H28N4O2. The van der Waals surface area contributed by atoms with E-state index in [1.807, 2.05) is 23.1 Å². The van der Waals surface area contributed by atoms with Gasteiger partial charge in [-0.15, -0.1) is 0 Å². The number of likely N-dealkylation sites (tertiary alicyclic amines) is 1. The van der Waals surface area contributed by atoms with Gasteiger partial charge in [0.05, 0.1) is 25.0 Å². The fourth-order valence-corrected chi connectivity index (χ4v) is 3.83. The number of hydrogen-bond donors (Lipinski definition) is 2. The number of aromatic amines is 1. The van der Waals surface area contributed by atoms with Crippen molar-refractivity contribution in [2.45, 2.75) is 57.2 Å². The molecule has 1 aromatic heterocycles. The molecule has 2 N–H and O–H groups in total. The first-order valence-corrected chi connectivity index (χ1v) is 9.90. The number of H-pyrrole nitrogens is 1. The minimum atomic E-state index is 0.260. The Labute approximate surface area is 160 Å². The first-order chi connectivity index (χ1) is 13.2. The fourth-order valence-electron chi connectivity index (χ4n) is 3.83. The number of aromatic nitrogens is 2. The van der Waals surface area contributed by atoms with Gasteiger partial charge in [-0.1, -0.05) is 12.1 Å². The second kappa shape index (κ2) is 8.13. The molecule has 2 aromatic rings. The molecule has 1 amide bonds. The van der Waals surface area contributed by atoms with E-state index in [-0.39, 0.29) is 5.91 Å². The lowest BCUT2D eigenvalue weighted by molar-refractivity contribution is -0.129. The van der Waals surface area contributed by atoms with Gasteiger partial charge in [0.1, 0.15) is 5.75 Å².